The first-order valence-electron chi connectivity index (χ1n) is 6.55. The third kappa shape index (κ3) is 2.55. The fourth-order valence-corrected chi connectivity index (χ4v) is 3.12. The van der Waals surface area contributed by atoms with Crippen LogP contribution in [0.3, 0.4) is 0 Å². The molecule has 0 unspecified atom stereocenters. The van der Waals surface area contributed by atoms with Crippen LogP contribution in [0.1, 0.15) is 37.6 Å². The maximum atomic E-state index is 11.9. The van der Waals surface area contributed by atoms with Crippen molar-refractivity contribution in [3.8, 4) is 0 Å². The summed E-state index contributed by atoms with van der Waals surface area (Å²) in [5.74, 6) is -0.134. The number of amides is 1. The molecule has 1 aromatic rings. The molecule has 0 aromatic carbocycles. The number of hydrogen-bond acceptors (Lipinski definition) is 4. The van der Waals surface area contributed by atoms with E-state index in [2.05, 4.69) is 5.32 Å². The second kappa shape index (κ2) is 5.23. The van der Waals surface area contributed by atoms with Gasteiger partial charge in [0.15, 0.2) is 0 Å². The minimum atomic E-state index is -0.890. The van der Waals surface area contributed by atoms with Crippen LogP contribution in [-0.2, 0) is 4.74 Å². The van der Waals surface area contributed by atoms with Gasteiger partial charge in [-0.2, -0.15) is 11.3 Å². The van der Waals surface area contributed by atoms with E-state index in [-0.39, 0.29) is 24.0 Å². The van der Waals surface area contributed by atoms with Gasteiger partial charge in [-0.1, -0.05) is 13.8 Å². The van der Waals surface area contributed by atoms with E-state index < -0.39 is 5.60 Å². The molecule has 1 saturated carbocycles. The zero-order valence-corrected chi connectivity index (χ0v) is 12.4. The maximum Gasteiger partial charge on any atom is 0.252 e. The Bertz CT molecular complexity index is 444. The highest BCUT2D eigenvalue weighted by Gasteiger charge is 2.59. The zero-order chi connectivity index (χ0) is 14.1. The molecule has 0 spiro atoms. The lowest BCUT2D eigenvalue weighted by Crippen LogP contribution is -2.68. The summed E-state index contributed by atoms with van der Waals surface area (Å²) in [5.41, 5.74) is -0.587. The normalized spacial score (nSPS) is 28.7. The number of carbonyl (C=O) groups is 1. The van der Waals surface area contributed by atoms with Crippen molar-refractivity contribution >= 4 is 17.2 Å². The first kappa shape index (κ1) is 14.5. The first-order chi connectivity index (χ1) is 8.90. The smallest absolute Gasteiger partial charge is 0.252 e. The fourth-order valence-electron chi connectivity index (χ4n) is 2.48. The second-order valence-electron chi connectivity index (χ2n) is 5.60. The second-order valence-corrected chi connectivity index (χ2v) is 6.38. The third-order valence-electron chi connectivity index (χ3n) is 4.22. The van der Waals surface area contributed by atoms with E-state index in [9.17, 15) is 9.90 Å². The van der Waals surface area contributed by atoms with Crippen molar-refractivity contribution in [1.82, 2.24) is 5.32 Å². The average Bonchev–Trinajstić information content (AvgIpc) is 2.89. The molecule has 1 fully saturated rings. The van der Waals surface area contributed by atoms with Crippen LogP contribution in [0.2, 0.25) is 0 Å². The van der Waals surface area contributed by atoms with Crippen LogP contribution >= 0.6 is 11.3 Å². The van der Waals surface area contributed by atoms with Crippen LogP contribution in [0.5, 0.6) is 0 Å². The molecule has 0 radical (unpaired) electrons. The van der Waals surface area contributed by atoms with Gasteiger partial charge in [-0.25, -0.2) is 0 Å². The van der Waals surface area contributed by atoms with Crippen molar-refractivity contribution < 1.29 is 14.6 Å². The molecule has 1 aliphatic rings. The van der Waals surface area contributed by atoms with Gasteiger partial charge in [0.05, 0.1) is 11.7 Å². The van der Waals surface area contributed by atoms with Crippen molar-refractivity contribution in [3.63, 3.8) is 0 Å². The van der Waals surface area contributed by atoms with E-state index in [0.717, 1.165) is 0 Å². The molecule has 2 rings (SSSR count). The van der Waals surface area contributed by atoms with E-state index in [1.165, 1.54) is 11.3 Å². The minimum absolute atomic E-state index is 0.0561. The van der Waals surface area contributed by atoms with Crippen LogP contribution < -0.4 is 5.32 Å². The molecule has 4 nitrogen and oxygen atoms in total. The number of carbonyl (C=O) groups excluding carboxylic acids is 1. The Hall–Kier alpha value is -0.910. The lowest BCUT2D eigenvalue weighted by Gasteiger charge is -2.57. The number of ether oxygens (including phenoxy) is 1. The number of hydrogen-bond donors (Lipinski definition) is 2. The van der Waals surface area contributed by atoms with Gasteiger partial charge in [0.25, 0.3) is 5.91 Å². The largest absolute Gasteiger partial charge is 0.387 e. The van der Waals surface area contributed by atoms with Gasteiger partial charge in [-0.05, 0) is 18.4 Å². The topological polar surface area (TPSA) is 58.6 Å². The summed E-state index contributed by atoms with van der Waals surface area (Å²) < 4.78 is 5.60. The highest BCUT2D eigenvalue weighted by Crippen LogP contribution is 2.50. The molecule has 1 aliphatic carbocycles. The molecule has 0 saturated heterocycles. The summed E-state index contributed by atoms with van der Waals surface area (Å²) >= 11 is 1.48. The van der Waals surface area contributed by atoms with Crippen molar-refractivity contribution in [2.45, 2.75) is 38.9 Å². The molecule has 0 bridgehead atoms. The number of aliphatic hydroxyl groups is 1. The Morgan fingerprint density at radius 1 is 1.63 bits per heavy atom. The van der Waals surface area contributed by atoms with E-state index in [1.807, 2.05) is 26.2 Å². The van der Waals surface area contributed by atoms with Gasteiger partial charge in [-0.15, -0.1) is 0 Å². The summed E-state index contributed by atoms with van der Waals surface area (Å²) in [6.45, 7) is 6.82. The molecule has 106 valence electrons. The molecule has 2 atom stereocenters. The lowest BCUT2D eigenvalue weighted by atomic mass is 9.56. The predicted molar refractivity (Wildman–Crippen MR) is 75.4 cm³/mol. The standard InChI is InChI=1S/C14H21NO3S/c1-4-18-11-7-14(17,13(11,2)3)9-15-12(16)10-5-6-19-8-10/h5-6,8,11,17H,4,7,9H2,1-3H3,(H,15,16)/t11-,14-/m0/s1. The van der Waals surface area contributed by atoms with Gasteiger partial charge >= 0.3 is 0 Å². The SMILES string of the molecule is CCO[C@H]1C[C@](O)(CNC(=O)c2ccsc2)C1(C)C. The molecular weight excluding hydrogens is 262 g/mol. The summed E-state index contributed by atoms with van der Waals surface area (Å²) in [7, 11) is 0. The Balaban J connectivity index is 1.91. The summed E-state index contributed by atoms with van der Waals surface area (Å²) in [4.78, 5) is 11.9. The fraction of sp³-hybridized carbons (Fsp3) is 0.643. The van der Waals surface area contributed by atoms with Crippen molar-refractivity contribution in [3.05, 3.63) is 22.4 Å². The quantitative estimate of drug-likeness (QED) is 0.869. The van der Waals surface area contributed by atoms with Crippen LogP contribution in [0.15, 0.2) is 16.8 Å². The Morgan fingerprint density at radius 3 is 2.89 bits per heavy atom. The monoisotopic (exact) mass is 283 g/mol. The minimum Gasteiger partial charge on any atom is -0.387 e. The molecule has 19 heavy (non-hydrogen) atoms. The van der Waals surface area contributed by atoms with E-state index >= 15 is 0 Å². The molecule has 2 N–H and O–H groups in total. The van der Waals surface area contributed by atoms with Gasteiger partial charge in [0.2, 0.25) is 0 Å². The highest BCUT2D eigenvalue weighted by atomic mass is 32.1. The Labute approximate surface area is 117 Å². The van der Waals surface area contributed by atoms with E-state index in [1.54, 1.807) is 11.4 Å². The number of rotatable bonds is 5. The Kier molecular flexibility index (Phi) is 3.99. The molecule has 1 aromatic heterocycles. The lowest BCUT2D eigenvalue weighted by molar-refractivity contribution is -0.237. The summed E-state index contributed by atoms with van der Waals surface area (Å²) in [6.07, 6.45) is 0.623. The highest BCUT2D eigenvalue weighted by molar-refractivity contribution is 7.08. The van der Waals surface area contributed by atoms with Crippen LogP contribution in [0, 0.1) is 5.41 Å². The summed E-state index contributed by atoms with van der Waals surface area (Å²) in [5, 5.41) is 17.1. The van der Waals surface area contributed by atoms with Crippen LogP contribution in [-0.4, -0.2) is 35.9 Å². The van der Waals surface area contributed by atoms with Crippen molar-refractivity contribution in [2.75, 3.05) is 13.2 Å². The number of nitrogens with one attached hydrogen (secondary N) is 1. The third-order valence-corrected chi connectivity index (χ3v) is 4.90. The summed E-state index contributed by atoms with van der Waals surface area (Å²) in [6, 6.07) is 1.78. The maximum absolute atomic E-state index is 11.9. The Morgan fingerprint density at radius 2 is 2.37 bits per heavy atom. The van der Waals surface area contributed by atoms with Gasteiger partial charge in [0.1, 0.15) is 0 Å². The molecule has 5 heteroatoms. The van der Waals surface area contributed by atoms with Gasteiger partial charge in [0, 0.05) is 35.9 Å². The molecule has 1 heterocycles. The van der Waals surface area contributed by atoms with Gasteiger partial charge in [-0.3, -0.25) is 4.79 Å². The molecule has 0 aliphatic heterocycles. The van der Waals surface area contributed by atoms with E-state index in [4.69, 9.17) is 4.74 Å². The van der Waals surface area contributed by atoms with Crippen LogP contribution in [0.4, 0.5) is 0 Å². The van der Waals surface area contributed by atoms with Crippen molar-refractivity contribution in [1.29, 1.82) is 0 Å². The molecule has 1 amide bonds. The van der Waals surface area contributed by atoms with Gasteiger partial charge < -0.3 is 15.2 Å². The predicted octanol–water partition coefficient (Wildman–Crippen LogP) is 2.04. The van der Waals surface area contributed by atoms with E-state index in [0.29, 0.717) is 18.6 Å². The van der Waals surface area contributed by atoms with Crippen molar-refractivity contribution in [2.24, 2.45) is 5.41 Å². The first-order valence-corrected chi connectivity index (χ1v) is 7.49. The van der Waals surface area contributed by atoms with Crippen LogP contribution in [0.25, 0.3) is 0 Å². The zero-order valence-electron chi connectivity index (χ0n) is 11.6. The number of thiophene rings is 1. The molecular formula is C14H21NO3S. The average molecular weight is 283 g/mol.